The number of carbonyl (C=O) groups excluding carboxylic acids is 1. The molecule has 1 aliphatic heterocycles. The second-order valence-electron chi connectivity index (χ2n) is 4.68. The lowest BCUT2D eigenvalue weighted by Crippen LogP contribution is -2.45. The minimum Gasteiger partial charge on any atom is -0.394 e. The van der Waals surface area contributed by atoms with E-state index in [1.807, 2.05) is 12.1 Å². The van der Waals surface area contributed by atoms with Crippen LogP contribution in [0, 0.1) is 5.92 Å². The summed E-state index contributed by atoms with van der Waals surface area (Å²) >= 11 is 5.96. The molecule has 2 N–H and O–H groups in total. The molecule has 0 spiro atoms. The summed E-state index contributed by atoms with van der Waals surface area (Å²) in [6.07, 6.45) is 0. The predicted octanol–water partition coefficient (Wildman–Crippen LogP) is 1.27. The van der Waals surface area contributed by atoms with Gasteiger partial charge < -0.3 is 15.3 Å². The summed E-state index contributed by atoms with van der Waals surface area (Å²) in [5, 5.41) is 12.9. The monoisotopic (exact) mass is 268 g/mol. The second-order valence-corrected chi connectivity index (χ2v) is 5.11. The van der Waals surface area contributed by atoms with Crippen LogP contribution in [0.1, 0.15) is 6.92 Å². The first-order valence-electron chi connectivity index (χ1n) is 6.03. The van der Waals surface area contributed by atoms with Crippen molar-refractivity contribution in [1.82, 2.24) is 5.32 Å². The van der Waals surface area contributed by atoms with E-state index < -0.39 is 6.04 Å². The number of rotatable bonds is 2. The first-order valence-corrected chi connectivity index (χ1v) is 6.41. The largest absolute Gasteiger partial charge is 0.394 e. The van der Waals surface area contributed by atoms with Crippen LogP contribution in [0.25, 0.3) is 0 Å². The third kappa shape index (κ3) is 2.83. The molecule has 0 saturated carbocycles. The van der Waals surface area contributed by atoms with Crippen LogP contribution in [0.2, 0.25) is 5.02 Å². The fraction of sp³-hybridized carbons (Fsp3) is 0.462. The van der Waals surface area contributed by atoms with Crippen LogP contribution >= 0.6 is 11.6 Å². The number of nitrogens with one attached hydrogen (secondary N) is 1. The van der Waals surface area contributed by atoms with Gasteiger partial charge in [0.1, 0.15) is 6.04 Å². The maximum absolute atomic E-state index is 12.3. The number of amides is 1. The molecule has 2 atom stereocenters. The number of hydrogen-bond donors (Lipinski definition) is 2. The molecule has 0 bridgehead atoms. The topological polar surface area (TPSA) is 52.6 Å². The molecule has 2 rings (SSSR count). The van der Waals surface area contributed by atoms with Gasteiger partial charge in [-0.2, -0.15) is 0 Å². The van der Waals surface area contributed by atoms with Crippen molar-refractivity contribution in [2.45, 2.75) is 13.0 Å². The highest BCUT2D eigenvalue weighted by molar-refractivity contribution is 6.30. The molecule has 18 heavy (non-hydrogen) atoms. The van der Waals surface area contributed by atoms with Gasteiger partial charge in [-0.15, -0.1) is 0 Å². The van der Waals surface area contributed by atoms with Crippen LogP contribution in [0.5, 0.6) is 0 Å². The zero-order valence-electron chi connectivity index (χ0n) is 10.3. The molecule has 1 fully saturated rings. The van der Waals surface area contributed by atoms with E-state index in [-0.39, 0.29) is 12.5 Å². The molecule has 5 heteroatoms. The fourth-order valence-corrected chi connectivity index (χ4v) is 2.29. The summed E-state index contributed by atoms with van der Waals surface area (Å²) in [4.78, 5) is 14.0. The Morgan fingerprint density at radius 3 is 3.00 bits per heavy atom. The summed E-state index contributed by atoms with van der Waals surface area (Å²) < 4.78 is 0. The Hall–Kier alpha value is -1.10. The maximum atomic E-state index is 12.3. The van der Waals surface area contributed by atoms with E-state index in [1.165, 1.54) is 0 Å². The Kier molecular flexibility index (Phi) is 4.22. The smallest absolute Gasteiger partial charge is 0.246 e. The lowest BCUT2D eigenvalue weighted by atomic mass is 10.1. The van der Waals surface area contributed by atoms with Crippen LogP contribution in [0.4, 0.5) is 5.69 Å². The van der Waals surface area contributed by atoms with Crippen molar-refractivity contribution in [2.75, 3.05) is 24.6 Å². The summed E-state index contributed by atoms with van der Waals surface area (Å²) in [7, 11) is 0. The van der Waals surface area contributed by atoms with Crippen molar-refractivity contribution in [3.8, 4) is 0 Å². The Labute approximate surface area is 112 Å². The summed E-state index contributed by atoms with van der Waals surface area (Å²) in [5.74, 6) is 0.216. The number of benzene rings is 1. The zero-order chi connectivity index (χ0) is 13.1. The van der Waals surface area contributed by atoms with E-state index in [9.17, 15) is 9.90 Å². The van der Waals surface area contributed by atoms with Crippen LogP contribution in [-0.2, 0) is 4.79 Å². The number of hydrogen-bond acceptors (Lipinski definition) is 3. The van der Waals surface area contributed by atoms with Gasteiger partial charge in [0, 0.05) is 23.8 Å². The second kappa shape index (κ2) is 5.69. The molecule has 1 saturated heterocycles. The number of carbonyl (C=O) groups is 1. The van der Waals surface area contributed by atoms with Gasteiger partial charge in [-0.3, -0.25) is 4.79 Å². The molecular formula is C13H17ClN2O2. The predicted molar refractivity (Wildman–Crippen MR) is 71.8 cm³/mol. The Balaban J connectivity index is 2.30. The first-order chi connectivity index (χ1) is 8.61. The molecule has 1 amide bonds. The third-order valence-electron chi connectivity index (χ3n) is 3.07. The summed E-state index contributed by atoms with van der Waals surface area (Å²) in [6, 6.07) is 6.69. The molecule has 2 unspecified atom stereocenters. The summed E-state index contributed by atoms with van der Waals surface area (Å²) in [6.45, 7) is 3.22. The minimum atomic E-state index is -0.533. The van der Waals surface area contributed by atoms with Crippen molar-refractivity contribution in [3.05, 3.63) is 29.3 Å². The standard InChI is InChI=1S/C13H17ClN2O2/c1-9-6-15-12(8-17)13(18)16(7-9)11-4-2-3-10(14)5-11/h2-5,9,12,15,17H,6-8H2,1H3. The number of anilines is 1. The molecule has 1 aromatic carbocycles. The highest BCUT2D eigenvalue weighted by Crippen LogP contribution is 2.22. The number of nitrogens with zero attached hydrogens (tertiary/aromatic N) is 1. The molecule has 0 aromatic heterocycles. The van der Waals surface area contributed by atoms with Crippen LogP contribution in [0.3, 0.4) is 0 Å². The van der Waals surface area contributed by atoms with Crippen LogP contribution in [-0.4, -0.2) is 36.8 Å². The summed E-state index contributed by atoms with van der Waals surface area (Å²) in [5.41, 5.74) is 0.779. The average Bonchev–Trinajstić information content (AvgIpc) is 2.49. The van der Waals surface area contributed by atoms with Crippen molar-refractivity contribution < 1.29 is 9.90 Å². The van der Waals surface area contributed by atoms with Gasteiger partial charge >= 0.3 is 0 Å². The lowest BCUT2D eigenvalue weighted by molar-refractivity contribution is -0.121. The Morgan fingerprint density at radius 2 is 2.33 bits per heavy atom. The zero-order valence-corrected chi connectivity index (χ0v) is 11.0. The van der Waals surface area contributed by atoms with Gasteiger partial charge in [-0.25, -0.2) is 0 Å². The van der Waals surface area contributed by atoms with Gasteiger partial charge in [0.2, 0.25) is 5.91 Å². The van der Waals surface area contributed by atoms with E-state index >= 15 is 0 Å². The van der Waals surface area contributed by atoms with Crippen molar-refractivity contribution >= 4 is 23.2 Å². The lowest BCUT2D eigenvalue weighted by Gasteiger charge is -2.24. The first kappa shape index (κ1) is 13.3. The van der Waals surface area contributed by atoms with Gasteiger partial charge in [0.15, 0.2) is 0 Å². The molecule has 0 aliphatic carbocycles. The van der Waals surface area contributed by atoms with Crippen LogP contribution in [0.15, 0.2) is 24.3 Å². The minimum absolute atomic E-state index is 0.107. The average molecular weight is 269 g/mol. The van der Waals surface area contributed by atoms with Crippen LogP contribution < -0.4 is 10.2 Å². The molecule has 1 aliphatic rings. The molecule has 1 heterocycles. The molecule has 4 nitrogen and oxygen atoms in total. The molecule has 0 radical (unpaired) electrons. The van der Waals surface area contributed by atoms with Crippen molar-refractivity contribution in [3.63, 3.8) is 0 Å². The van der Waals surface area contributed by atoms with E-state index in [2.05, 4.69) is 12.2 Å². The SMILES string of the molecule is CC1CNC(CO)C(=O)N(c2cccc(Cl)c2)C1. The Morgan fingerprint density at radius 1 is 1.56 bits per heavy atom. The third-order valence-corrected chi connectivity index (χ3v) is 3.31. The molecular weight excluding hydrogens is 252 g/mol. The number of aliphatic hydroxyl groups is 1. The number of aliphatic hydroxyl groups excluding tert-OH is 1. The fourth-order valence-electron chi connectivity index (χ4n) is 2.10. The highest BCUT2D eigenvalue weighted by atomic mass is 35.5. The molecule has 1 aromatic rings. The van der Waals surface area contributed by atoms with Gasteiger partial charge in [0.25, 0.3) is 0 Å². The number of halogens is 1. The van der Waals surface area contributed by atoms with Crippen molar-refractivity contribution in [2.24, 2.45) is 5.92 Å². The van der Waals surface area contributed by atoms with E-state index in [1.54, 1.807) is 17.0 Å². The van der Waals surface area contributed by atoms with E-state index in [4.69, 9.17) is 11.6 Å². The van der Waals surface area contributed by atoms with Gasteiger partial charge in [-0.05, 0) is 24.1 Å². The van der Waals surface area contributed by atoms with Gasteiger partial charge in [0.05, 0.1) is 6.61 Å². The van der Waals surface area contributed by atoms with Gasteiger partial charge in [-0.1, -0.05) is 24.6 Å². The van der Waals surface area contributed by atoms with E-state index in [0.717, 1.165) is 5.69 Å². The quantitative estimate of drug-likeness (QED) is 0.849. The maximum Gasteiger partial charge on any atom is 0.246 e. The highest BCUT2D eigenvalue weighted by Gasteiger charge is 2.29. The normalized spacial score (nSPS) is 25.1. The Bertz CT molecular complexity index is 439. The van der Waals surface area contributed by atoms with Crippen molar-refractivity contribution in [1.29, 1.82) is 0 Å². The van der Waals surface area contributed by atoms with E-state index in [0.29, 0.717) is 24.0 Å². The molecule has 98 valence electrons.